The summed E-state index contributed by atoms with van der Waals surface area (Å²) in [4.78, 5) is 57.4. The van der Waals surface area contributed by atoms with Crippen molar-refractivity contribution in [2.45, 2.75) is 37.9 Å². The molecule has 246 valence electrons. The first kappa shape index (κ1) is 33.2. The van der Waals surface area contributed by atoms with Crippen LogP contribution in [0.15, 0.2) is 52.2 Å². The summed E-state index contributed by atoms with van der Waals surface area (Å²) in [6.07, 6.45) is 3.02. The van der Waals surface area contributed by atoms with E-state index in [4.69, 9.17) is 25.8 Å². The zero-order valence-electron chi connectivity index (χ0n) is 26.0. The molecule has 3 heterocycles. The number of methoxy groups -OCH3 is 3. The van der Waals surface area contributed by atoms with E-state index < -0.39 is 23.1 Å². The maximum absolute atomic E-state index is 14.4. The number of urea groups is 1. The number of likely N-dealkylation sites (tertiary alicyclic amines) is 1. The Balaban J connectivity index is 1.35. The number of hydrogen-bond acceptors (Lipinski definition) is 7. The van der Waals surface area contributed by atoms with Gasteiger partial charge in [-0.1, -0.05) is 23.7 Å². The molecule has 3 amide bonds. The molecule has 0 bridgehead atoms. The average molecular weight is 658 g/mol. The number of halogens is 2. The molecule has 1 fully saturated rings. The first-order chi connectivity index (χ1) is 22.2. The normalized spacial score (nSPS) is 15.5. The number of aromatic nitrogens is 2. The standard InChI is InChI=1S/C32H37ClFN5O7/c1-44-18-22(19-45-2)39-30(41)25(24-5-4-6-26(34)29(24)33)16-37(32(39)43)17-28(40)36-12-10-21(11-13-36)38-14-9-20-15-23(46-3)7-8-27(20)35-31(38)42/h4-8,15-16,21-22H,9-14,17-19H2,1-3H3,(H,35,42). The van der Waals surface area contributed by atoms with Crippen molar-refractivity contribution in [3.8, 4) is 16.9 Å². The van der Waals surface area contributed by atoms with E-state index >= 15 is 0 Å². The van der Waals surface area contributed by atoms with Crippen molar-refractivity contribution in [2.75, 3.05) is 59.5 Å². The summed E-state index contributed by atoms with van der Waals surface area (Å²) in [5, 5.41) is 2.71. The molecular weight excluding hydrogens is 621 g/mol. The van der Waals surface area contributed by atoms with Crippen LogP contribution in [0.1, 0.15) is 24.4 Å². The fraction of sp³-hybridized carbons (Fsp3) is 0.438. The van der Waals surface area contributed by atoms with E-state index in [2.05, 4.69) is 5.32 Å². The molecule has 5 rings (SSSR count). The van der Waals surface area contributed by atoms with Gasteiger partial charge in [0.1, 0.15) is 18.1 Å². The predicted octanol–water partition coefficient (Wildman–Crippen LogP) is 3.39. The zero-order valence-corrected chi connectivity index (χ0v) is 26.7. The maximum atomic E-state index is 14.4. The third-order valence-electron chi connectivity index (χ3n) is 8.51. The Morgan fingerprint density at radius 2 is 1.74 bits per heavy atom. The number of nitrogens with zero attached hydrogens (tertiary/aromatic N) is 4. The quantitative estimate of drug-likeness (QED) is 0.355. The third kappa shape index (κ3) is 6.81. The minimum Gasteiger partial charge on any atom is -0.497 e. The Kier molecular flexibility index (Phi) is 10.4. The summed E-state index contributed by atoms with van der Waals surface area (Å²) >= 11 is 6.24. The number of anilines is 1. The Morgan fingerprint density at radius 3 is 2.41 bits per heavy atom. The van der Waals surface area contributed by atoms with Crippen LogP contribution < -0.4 is 21.3 Å². The van der Waals surface area contributed by atoms with Crippen LogP contribution in [0.5, 0.6) is 5.75 Å². The molecule has 2 aromatic carbocycles. The highest BCUT2D eigenvalue weighted by atomic mass is 35.5. The Labute approximate surface area is 270 Å². The van der Waals surface area contributed by atoms with E-state index in [1.807, 2.05) is 17.0 Å². The molecule has 14 heteroatoms. The highest BCUT2D eigenvalue weighted by Crippen LogP contribution is 2.29. The number of piperidine rings is 1. The second-order valence-electron chi connectivity index (χ2n) is 11.3. The minimum absolute atomic E-state index is 0.0204. The molecule has 2 aliphatic rings. The molecule has 2 aliphatic heterocycles. The van der Waals surface area contributed by atoms with E-state index in [-0.39, 0.29) is 53.9 Å². The van der Waals surface area contributed by atoms with E-state index in [1.54, 1.807) is 18.1 Å². The lowest BCUT2D eigenvalue weighted by atomic mass is 10.0. The number of rotatable bonds is 10. The predicted molar refractivity (Wildman–Crippen MR) is 170 cm³/mol. The van der Waals surface area contributed by atoms with Gasteiger partial charge in [0.2, 0.25) is 5.91 Å². The Morgan fingerprint density at radius 1 is 1.02 bits per heavy atom. The van der Waals surface area contributed by atoms with Crippen molar-refractivity contribution < 1.29 is 28.2 Å². The molecule has 0 radical (unpaired) electrons. The van der Waals surface area contributed by atoms with Gasteiger partial charge in [-0.25, -0.2) is 14.0 Å². The van der Waals surface area contributed by atoms with Crippen LogP contribution in [-0.4, -0.2) is 91.1 Å². The van der Waals surface area contributed by atoms with E-state index in [0.717, 1.165) is 32.2 Å². The number of carbonyl (C=O) groups is 2. The van der Waals surface area contributed by atoms with E-state index in [1.165, 1.54) is 32.5 Å². The van der Waals surface area contributed by atoms with Crippen molar-refractivity contribution in [2.24, 2.45) is 0 Å². The smallest absolute Gasteiger partial charge is 0.331 e. The van der Waals surface area contributed by atoms with Crippen molar-refractivity contribution in [1.82, 2.24) is 18.9 Å². The summed E-state index contributed by atoms with van der Waals surface area (Å²) in [6, 6.07) is 8.54. The molecule has 0 unspecified atom stereocenters. The molecule has 0 aliphatic carbocycles. The first-order valence-corrected chi connectivity index (χ1v) is 15.3. The molecular formula is C32H37ClFN5O7. The number of benzene rings is 2. The van der Waals surface area contributed by atoms with E-state index in [0.29, 0.717) is 38.9 Å². The van der Waals surface area contributed by atoms with Gasteiger partial charge in [-0.15, -0.1) is 0 Å². The van der Waals surface area contributed by atoms with Gasteiger partial charge in [0, 0.05) is 57.3 Å². The number of nitrogens with one attached hydrogen (secondary N) is 1. The maximum Gasteiger partial charge on any atom is 0.331 e. The summed E-state index contributed by atoms with van der Waals surface area (Å²) in [5.41, 5.74) is 0.348. The molecule has 12 nitrogen and oxygen atoms in total. The number of carbonyl (C=O) groups excluding carboxylic acids is 2. The van der Waals surface area contributed by atoms with Crippen LogP contribution in [0.2, 0.25) is 5.02 Å². The molecule has 0 atom stereocenters. The zero-order chi connectivity index (χ0) is 33.0. The second kappa shape index (κ2) is 14.5. The van der Waals surface area contributed by atoms with Crippen LogP contribution >= 0.6 is 11.6 Å². The van der Waals surface area contributed by atoms with Crippen LogP contribution in [0, 0.1) is 5.82 Å². The summed E-state index contributed by atoms with van der Waals surface area (Å²) in [7, 11) is 4.46. The molecule has 46 heavy (non-hydrogen) atoms. The number of hydrogen-bond donors (Lipinski definition) is 1. The van der Waals surface area contributed by atoms with Crippen LogP contribution in [0.25, 0.3) is 11.1 Å². The highest BCUT2D eigenvalue weighted by Gasteiger charge is 2.32. The van der Waals surface area contributed by atoms with Gasteiger partial charge in [0.25, 0.3) is 5.56 Å². The van der Waals surface area contributed by atoms with E-state index in [9.17, 15) is 23.6 Å². The molecule has 1 aromatic heterocycles. The molecule has 1 saturated heterocycles. The second-order valence-corrected chi connectivity index (χ2v) is 11.7. The van der Waals surface area contributed by atoms with Crippen molar-refractivity contribution in [3.05, 3.63) is 79.8 Å². The average Bonchev–Trinajstić information content (AvgIpc) is 3.21. The fourth-order valence-corrected chi connectivity index (χ4v) is 6.34. The SMILES string of the molecule is COCC(COC)n1c(=O)c(-c2cccc(F)c2Cl)cn(CC(=O)N2CCC(N3CCc4cc(OC)ccc4NC3=O)CC2)c1=O. The summed E-state index contributed by atoms with van der Waals surface area (Å²) in [5.74, 6) is -0.340. The number of fused-ring (bicyclic) bond motifs is 1. The van der Waals surface area contributed by atoms with Gasteiger partial charge in [0.05, 0.1) is 37.0 Å². The molecule has 0 saturated carbocycles. The lowest BCUT2D eigenvalue weighted by Gasteiger charge is -2.38. The third-order valence-corrected chi connectivity index (χ3v) is 8.90. The van der Waals surface area contributed by atoms with Crippen LogP contribution in [0.3, 0.4) is 0 Å². The summed E-state index contributed by atoms with van der Waals surface area (Å²) in [6.45, 7) is 0.873. The van der Waals surface area contributed by atoms with Crippen molar-refractivity contribution in [1.29, 1.82) is 0 Å². The minimum atomic E-state index is -0.814. The van der Waals surface area contributed by atoms with Crippen LogP contribution in [0.4, 0.5) is 14.9 Å². The molecule has 0 spiro atoms. The van der Waals surface area contributed by atoms with Gasteiger partial charge in [-0.3, -0.25) is 18.7 Å². The highest BCUT2D eigenvalue weighted by molar-refractivity contribution is 6.33. The number of amides is 3. The largest absolute Gasteiger partial charge is 0.497 e. The number of ether oxygens (including phenoxy) is 3. The molecule has 1 N–H and O–H groups in total. The van der Waals surface area contributed by atoms with Gasteiger partial charge < -0.3 is 29.3 Å². The fourth-order valence-electron chi connectivity index (χ4n) is 6.11. The Bertz CT molecular complexity index is 1710. The first-order valence-electron chi connectivity index (χ1n) is 15.0. The molecule has 3 aromatic rings. The van der Waals surface area contributed by atoms with Gasteiger partial charge in [0.15, 0.2) is 0 Å². The lowest BCUT2D eigenvalue weighted by molar-refractivity contribution is -0.133. The van der Waals surface area contributed by atoms with Gasteiger partial charge in [-0.05, 0) is 49.1 Å². The summed E-state index contributed by atoms with van der Waals surface area (Å²) < 4.78 is 32.3. The van der Waals surface area contributed by atoms with Gasteiger partial charge in [-0.2, -0.15) is 0 Å². The van der Waals surface area contributed by atoms with Gasteiger partial charge >= 0.3 is 11.7 Å². The van der Waals surface area contributed by atoms with Crippen molar-refractivity contribution in [3.63, 3.8) is 0 Å². The van der Waals surface area contributed by atoms with Crippen molar-refractivity contribution >= 4 is 29.2 Å². The Hall–Kier alpha value is -4.20. The topological polar surface area (TPSA) is 124 Å². The monoisotopic (exact) mass is 657 g/mol. The lowest BCUT2D eigenvalue weighted by Crippen LogP contribution is -2.51. The van der Waals surface area contributed by atoms with Crippen LogP contribution in [-0.2, 0) is 27.2 Å².